The number of halogens is 1. The molecule has 2 aliphatic heterocycles. The summed E-state index contributed by atoms with van der Waals surface area (Å²) in [6.45, 7) is 0. The average Bonchev–Trinajstić information content (AvgIpc) is 2.89. The number of nitrogens with one attached hydrogen (secondary N) is 1. The molecule has 2 aliphatic rings. The fourth-order valence-electron chi connectivity index (χ4n) is 2.59. The molecular weight excluding hydrogens is 370 g/mol. The Morgan fingerprint density at radius 3 is 2.52 bits per heavy atom. The fourth-order valence-corrected chi connectivity index (χ4v) is 3.59. The molecule has 134 valence electrons. The number of nitrogens with zero attached hydrogens (tertiary/aromatic N) is 3. The molecule has 0 aromatic heterocycles. The van der Waals surface area contributed by atoms with E-state index < -0.39 is 9.05 Å². The third kappa shape index (κ3) is 2.99. The maximum absolute atomic E-state index is 11.9. The monoisotopic (exact) mass is 385 g/mol. The van der Waals surface area contributed by atoms with Crippen molar-refractivity contribution in [3.8, 4) is 11.5 Å². The van der Waals surface area contributed by atoms with Gasteiger partial charge in [0.2, 0.25) is 0 Å². The van der Waals surface area contributed by atoms with Gasteiger partial charge >= 0.3 is 0 Å². The first-order valence-corrected chi connectivity index (χ1v) is 9.32. The third-order valence-electron chi connectivity index (χ3n) is 3.73. The normalized spacial score (nSPS) is 16.6. The van der Waals surface area contributed by atoms with Gasteiger partial charge in [-0.05, 0) is 6.07 Å². The Morgan fingerprint density at radius 2 is 1.92 bits per heavy atom. The van der Waals surface area contributed by atoms with E-state index in [9.17, 15) is 8.42 Å². The first-order chi connectivity index (χ1) is 11.8. The number of methoxy groups -OCH3 is 2. The Kier molecular flexibility index (Phi) is 4.27. The first-order valence-electron chi connectivity index (χ1n) is 7.01. The van der Waals surface area contributed by atoms with E-state index in [4.69, 9.17) is 26.0 Å². The third-order valence-corrected chi connectivity index (χ3v) is 5.07. The van der Waals surface area contributed by atoms with Crippen molar-refractivity contribution in [2.45, 2.75) is 4.90 Å². The molecule has 0 saturated heterocycles. The zero-order valence-electron chi connectivity index (χ0n) is 13.6. The molecule has 3 N–H and O–H groups in total. The lowest BCUT2D eigenvalue weighted by Crippen LogP contribution is -2.31. The van der Waals surface area contributed by atoms with E-state index in [1.54, 1.807) is 18.3 Å². The van der Waals surface area contributed by atoms with Gasteiger partial charge in [0.15, 0.2) is 0 Å². The summed E-state index contributed by atoms with van der Waals surface area (Å²) in [7, 11) is 6.12. The second-order valence-electron chi connectivity index (χ2n) is 5.24. The number of ether oxygens (including phenoxy) is 2. The van der Waals surface area contributed by atoms with Crippen LogP contribution in [0.25, 0.3) is 5.70 Å². The Morgan fingerprint density at radius 1 is 1.24 bits per heavy atom. The van der Waals surface area contributed by atoms with Crippen molar-refractivity contribution in [1.29, 1.82) is 0 Å². The Labute approximate surface area is 149 Å². The highest BCUT2D eigenvalue weighted by Crippen LogP contribution is 2.40. The number of benzene rings is 1. The molecule has 0 fully saturated rings. The zero-order chi connectivity index (χ0) is 18.4. The van der Waals surface area contributed by atoms with Crippen LogP contribution in [-0.4, -0.2) is 46.0 Å². The highest BCUT2D eigenvalue weighted by molar-refractivity contribution is 8.13. The summed E-state index contributed by atoms with van der Waals surface area (Å²) in [6, 6.07) is 2.85. The van der Waals surface area contributed by atoms with E-state index in [-0.39, 0.29) is 10.6 Å². The van der Waals surface area contributed by atoms with Gasteiger partial charge in [-0.2, -0.15) is 0 Å². The van der Waals surface area contributed by atoms with Gasteiger partial charge in [0.05, 0.1) is 19.9 Å². The van der Waals surface area contributed by atoms with Crippen LogP contribution in [-0.2, 0) is 9.05 Å². The van der Waals surface area contributed by atoms with Crippen LogP contribution in [0.1, 0.15) is 5.56 Å². The summed E-state index contributed by atoms with van der Waals surface area (Å²) in [5, 5.41) is 3.03. The summed E-state index contributed by atoms with van der Waals surface area (Å²) < 4.78 is 34.3. The quantitative estimate of drug-likeness (QED) is 0.578. The predicted molar refractivity (Wildman–Crippen MR) is 93.0 cm³/mol. The first kappa shape index (κ1) is 17.4. The van der Waals surface area contributed by atoms with Crippen molar-refractivity contribution in [2.75, 3.05) is 21.3 Å². The minimum atomic E-state index is -4.03. The SMILES string of the molecule is COc1cc(OC)c(S(=O)(=O)Cl)cc1C1=C2N=CN(N)C=C2N(C)N1. The van der Waals surface area contributed by atoms with Gasteiger partial charge in [0, 0.05) is 35.6 Å². The second-order valence-corrected chi connectivity index (χ2v) is 7.78. The summed E-state index contributed by atoms with van der Waals surface area (Å²) in [4.78, 5) is 4.14. The van der Waals surface area contributed by atoms with Crippen LogP contribution in [0, 0.1) is 0 Å². The van der Waals surface area contributed by atoms with Crippen molar-refractivity contribution in [2.24, 2.45) is 10.8 Å². The number of rotatable bonds is 4. The van der Waals surface area contributed by atoms with Crippen LogP contribution in [0.5, 0.6) is 11.5 Å². The maximum atomic E-state index is 11.9. The highest BCUT2D eigenvalue weighted by atomic mass is 35.7. The molecule has 0 saturated carbocycles. The van der Waals surface area contributed by atoms with Crippen LogP contribution in [0.3, 0.4) is 0 Å². The summed E-state index contributed by atoms with van der Waals surface area (Å²) in [6.07, 6.45) is 3.12. The molecule has 0 atom stereocenters. The van der Waals surface area contributed by atoms with E-state index in [0.717, 1.165) is 0 Å². The number of hydrogen-bond acceptors (Lipinski definition) is 9. The molecule has 11 heteroatoms. The largest absolute Gasteiger partial charge is 0.496 e. The van der Waals surface area contributed by atoms with E-state index in [2.05, 4.69) is 10.4 Å². The molecular formula is C14H16ClN5O4S. The zero-order valence-corrected chi connectivity index (χ0v) is 15.2. The molecule has 2 heterocycles. The molecule has 0 spiro atoms. The van der Waals surface area contributed by atoms with Crippen LogP contribution in [0.4, 0.5) is 0 Å². The van der Waals surface area contributed by atoms with E-state index in [1.165, 1.54) is 37.7 Å². The standard InChI is InChI=1S/C14H16ClN5O4S/c1-19-9-6-20(16)7-17-14(9)13(18-19)8-4-12(25(15,21)22)11(24-3)5-10(8)23-2/h4-7,18H,16H2,1-3H3. The molecule has 3 rings (SSSR count). The van der Waals surface area contributed by atoms with Crippen LogP contribution >= 0.6 is 10.7 Å². The van der Waals surface area contributed by atoms with Crippen molar-refractivity contribution in [1.82, 2.24) is 15.4 Å². The molecule has 0 amide bonds. The molecule has 0 unspecified atom stereocenters. The Hall–Kier alpha value is -2.43. The molecule has 9 nitrogen and oxygen atoms in total. The van der Waals surface area contributed by atoms with E-state index in [1.807, 2.05) is 0 Å². The highest BCUT2D eigenvalue weighted by Gasteiger charge is 2.31. The Balaban J connectivity index is 2.26. The van der Waals surface area contributed by atoms with E-state index >= 15 is 0 Å². The van der Waals surface area contributed by atoms with Crippen molar-refractivity contribution in [3.63, 3.8) is 0 Å². The number of hydrogen-bond donors (Lipinski definition) is 2. The molecule has 1 aromatic rings. The van der Waals surface area contributed by atoms with Crippen molar-refractivity contribution < 1.29 is 17.9 Å². The van der Waals surface area contributed by atoms with E-state index in [0.29, 0.717) is 28.4 Å². The van der Waals surface area contributed by atoms with Crippen LogP contribution < -0.4 is 20.7 Å². The van der Waals surface area contributed by atoms with Gasteiger partial charge in [0.1, 0.15) is 34.1 Å². The average molecular weight is 386 g/mol. The molecule has 0 aliphatic carbocycles. The molecule has 25 heavy (non-hydrogen) atoms. The number of fused-ring (bicyclic) bond motifs is 1. The number of likely N-dealkylation sites (N-methyl/N-ethyl adjacent to an activating group) is 1. The van der Waals surface area contributed by atoms with Gasteiger partial charge in [-0.1, -0.05) is 0 Å². The number of aliphatic imine (C=N–C) groups is 1. The minimum absolute atomic E-state index is 0.0867. The maximum Gasteiger partial charge on any atom is 0.265 e. The fraction of sp³-hybridized carbons (Fsp3) is 0.214. The minimum Gasteiger partial charge on any atom is -0.496 e. The summed E-state index contributed by atoms with van der Waals surface area (Å²) in [5.41, 5.74) is 5.44. The van der Waals surface area contributed by atoms with Gasteiger partial charge in [-0.3, -0.25) is 15.4 Å². The predicted octanol–water partition coefficient (Wildman–Crippen LogP) is 0.809. The Bertz CT molecular complexity index is 925. The van der Waals surface area contributed by atoms with Gasteiger partial charge in [-0.15, -0.1) is 0 Å². The van der Waals surface area contributed by atoms with Gasteiger partial charge in [-0.25, -0.2) is 19.3 Å². The van der Waals surface area contributed by atoms with Crippen molar-refractivity contribution >= 4 is 31.8 Å². The van der Waals surface area contributed by atoms with Crippen LogP contribution in [0.2, 0.25) is 0 Å². The number of nitrogens with two attached hydrogens (primary N) is 1. The molecule has 0 radical (unpaired) electrons. The lowest BCUT2D eigenvalue weighted by Gasteiger charge is -2.19. The lowest BCUT2D eigenvalue weighted by atomic mass is 10.1. The number of hydrazine groups is 2. The van der Waals surface area contributed by atoms with Crippen molar-refractivity contribution in [3.05, 3.63) is 35.3 Å². The second kappa shape index (κ2) is 6.14. The smallest absolute Gasteiger partial charge is 0.265 e. The molecule has 1 aromatic carbocycles. The summed E-state index contributed by atoms with van der Waals surface area (Å²) in [5.74, 6) is 6.19. The summed E-state index contributed by atoms with van der Waals surface area (Å²) >= 11 is 0. The lowest BCUT2D eigenvalue weighted by molar-refractivity contribution is 0.374. The van der Waals surface area contributed by atoms with Gasteiger partial charge in [0.25, 0.3) is 9.05 Å². The van der Waals surface area contributed by atoms with Crippen LogP contribution in [0.15, 0.2) is 39.6 Å². The van der Waals surface area contributed by atoms with Gasteiger partial charge < -0.3 is 9.47 Å². The topological polar surface area (TPSA) is 109 Å². The molecule has 0 bridgehead atoms.